The summed E-state index contributed by atoms with van der Waals surface area (Å²) in [6.07, 6.45) is 1.18. The molecule has 1 aromatic carbocycles. The molecule has 1 fully saturated rings. The van der Waals surface area contributed by atoms with Crippen LogP contribution in [0.25, 0.3) is 0 Å². The van der Waals surface area contributed by atoms with Crippen LogP contribution in [0.2, 0.25) is 0 Å². The lowest BCUT2D eigenvalue weighted by atomic mass is 9.84. The van der Waals surface area contributed by atoms with E-state index in [0.29, 0.717) is 17.9 Å². The van der Waals surface area contributed by atoms with Gasteiger partial charge in [0, 0.05) is 12.6 Å². The average Bonchev–Trinajstić information content (AvgIpc) is 2.36. The zero-order valence-electron chi connectivity index (χ0n) is 11.9. The molecule has 1 aliphatic rings. The normalized spacial score (nSPS) is 29.9. The van der Waals surface area contributed by atoms with Crippen LogP contribution < -0.4 is 0 Å². The number of nitrogens with zero attached hydrogens (tertiary/aromatic N) is 1. The molecule has 1 N–H and O–H groups in total. The van der Waals surface area contributed by atoms with Gasteiger partial charge in [-0.3, -0.25) is 9.69 Å². The first-order valence-corrected chi connectivity index (χ1v) is 7.04. The molecule has 19 heavy (non-hydrogen) atoms. The maximum atomic E-state index is 11.7. The summed E-state index contributed by atoms with van der Waals surface area (Å²) in [6, 6.07) is 9.34. The van der Waals surface area contributed by atoms with Crippen LogP contribution >= 0.6 is 0 Å². The van der Waals surface area contributed by atoms with E-state index < -0.39 is 12.0 Å². The fourth-order valence-corrected chi connectivity index (χ4v) is 3.21. The van der Waals surface area contributed by atoms with Crippen LogP contribution in [0.5, 0.6) is 0 Å². The van der Waals surface area contributed by atoms with Crippen LogP contribution in [0.3, 0.4) is 0 Å². The van der Waals surface area contributed by atoms with Crippen molar-refractivity contribution in [2.24, 2.45) is 11.8 Å². The number of benzene rings is 1. The van der Waals surface area contributed by atoms with Gasteiger partial charge >= 0.3 is 5.97 Å². The Labute approximate surface area is 115 Å². The quantitative estimate of drug-likeness (QED) is 0.908. The highest BCUT2D eigenvalue weighted by Gasteiger charge is 2.37. The number of likely N-dealkylation sites (tertiary alicyclic amines) is 1. The molecule has 1 saturated heterocycles. The van der Waals surface area contributed by atoms with Crippen molar-refractivity contribution >= 4 is 5.97 Å². The summed E-state index contributed by atoms with van der Waals surface area (Å²) >= 11 is 0. The van der Waals surface area contributed by atoms with E-state index in [-0.39, 0.29) is 0 Å². The Bertz CT molecular complexity index is 432. The molecular formula is C16H23NO2. The monoisotopic (exact) mass is 261 g/mol. The number of aliphatic carboxylic acids is 1. The van der Waals surface area contributed by atoms with Crippen molar-refractivity contribution in [1.82, 2.24) is 4.90 Å². The predicted molar refractivity (Wildman–Crippen MR) is 75.9 cm³/mol. The second-order valence-electron chi connectivity index (χ2n) is 5.91. The van der Waals surface area contributed by atoms with E-state index in [1.54, 1.807) is 0 Å². The van der Waals surface area contributed by atoms with Crippen LogP contribution in [0.4, 0.5) is 0 Å². The molecule has 0 radical (unpaired) electrons. The van der Waals surface area contributed by atoms with Crippen LogP contribution in [-0.2, 0) is 4.79 Å². The molecule has 4 unspecified atom stereocenters. The van der Waals surface area contributed by atoms with Gasteiger partial charge in [-0.15, -0.1) is 0 Å². The van der Waals surface area contributed by atoms with Gasteiger partial charge in [-0.25, -0.2) is 0 Å². The first-order chi connectivity index (χ1) is 9.00. The van der Waals surface area contributed by atoms with Crippen LogP contribution in [0, 0.1) is 11.8 Å². The van der Waals surface area contributed by atoms with E-state index in [1.165, 1.54) is 6.42 Å². The number of hydrogen-bond donors (Lipinski definition) is 1. The molecule has 1 aliphatic heterocycles. The molecular weight excluding hydrogens is 238 g/mol. The molecule has 0 saturated carbocycles. The van der Waals surface area contributed by atoms with Crippen molar-refractivity contribution in [2.75, 3.05) is 6.54 Å². The lowest BCUT2D eigenvalue weighted by Crippen LogP contribution is -2.49. The molecule has 0 spiro atoms. The number of carboxylic acids is 1. The molecule has 0 amide bonds. The molecule has 0 bridgehead atoms. The highest BCUT2D eigenvalue weighted by Crippen LogP contribution is 2.33. The minimum atomic E-state index is -0.751. The molecule has 0 aromatic heterocycles. The predicted octanol–water partition coefficient (Wildman–Crippen LogP) is 3.18. The summed E-state index contributed by atoms with van der Waals surface area (Å²) in [7, 11) is 0. The largest absolute Gasteiger partial charge is 0.480 e. The summed E-state index contributed by atoms with van der Waals surface area (Å²) in [6.45, 7) is 7.43. The van der Waals surface area contributed by atoms with E-state index in [4.69, 9.17) is 0 Å². The maximum absolute atomic E-state index is 11.7. The smallest absolute Gasteiger partial charge is 0.325 e. The summed E-state index contributed by atoms with van der Waals surface area (Å²) < 4.78 is 0. The summed E-state index contributed by atoms with van der Waals surface area (Å²) in [5.41, 5.74) is 0.878. The number of carbonyl (C=O) groups is 1. The second kappa shape index (κ2) is 5.74. The van der Waals surface area contributed by atoms with Gasteiger partial charge in [-0.05, 0) is 30.7 Å². The molecule has 4 atom stereocenters. The van der Waals surface area contributed by atoms with Crippen molar-refractivity contribution in [3.05, 3.63) is 35.9 Å². The third-order valence-corrected chi connectivity index (χ3v) is 4.32. The van der Waals surface area contributed by atoms with E-state index in [0.717, 1.165) is 12.1 Å². The molecule has 1 aromatic rings. The van der Waals surface area contributed by atoms with Crippen molar-refractivity contribution in [2.45, 2.75) is 39.3 Å². The molecule has 1 heterocycles. The Balaban J connectivity index is 2.31. The van der Waals surface area contributed by atoms with Gasteiger partial charge in [0.15, 0.2) is 0 Å². The first-order valence-electron chi connectivity index (χ1n) is 7.04. The summed E-state index contributed by atoms with van der Waals surface area (Å²) in [5, 5.41) is 9.63. The van der Waals surface area contributed by atoms with Crippen LogP contribution in [0.15, 0.2) is 30.3 Å². The van der Waals surface area contributed by atoms with Crippen molar-refractivity contribution < 1.29 is 9.90 Å². The molecule has 3 nitrogen and oxygen atoms in total. The molecule has 3 heteroatoms. The Morgan fingerprint density at radius 3 is 2.47 bits per heavy atom. The number of carboxylic acid groups (broad SMARTS) is 1. The van der Waals surface area contributed by atoms with Gasteiger partial charge in [0.1, 0.15) is 6.04 Å². The topological polar surface area (TPSA) is 40.5 Å². The van der Waals surface area contributed by atoms with Gasteiger partial charge in [0.05, 0.1) is 0 Å². The van der Waals surface area contributed by atoms with Gasteiger partial charge in [-0.1, -0.05) is 44.2 Å². The van der Waals surface area contributed by atoms with E-state index in [1.807, 2.05) is 30.3 Å². The van der Waals surface area contributed by atoms with Gasteiger partial charge in [0.25, 0.3) is 0 Å². The second-order valence-corrected chi connectivity index (χ2v) is 5.91. The SMILES string of the molecule is CC1CC(C)C(C)N(C(C(=O)O)c2ccccc2)C1. The molecule has 104 valence electrons. The van der Waals surface area contributed by atoms with Gasteiger partial charge in [0.2, 0.25) is 0 Å². The maximum Gasteiger partial charge on any atom is 0.325 e. The lowest BCUT2D eigenvalue weighted by Gasteiger charge is -2.44. The fraction of sp³-hybridized carbons (Fsp3) is 0.562. The summed E-state index contributed by atoms with van der Waals surface area (Å²) in [5.74, 6) is 0.338. The van der Waals surface area contributed by atoms with E-state index in [2.05, 4.69) is 25.7 Å². The Morgan fingerprint density at radius 2 is 1.89 bits per heavy atom. The first kappa shape index (κ1) is 14.1. The van der Waals surface area contributed by atoms with Crippen molar-refractivity contribution in [3.63, 3.8) is 0 Å². The fourth-order valence-electron chi connectivity index (χ4n) is 3.21. The minimum Gasteiger partial charge on any atom is -0.480 e. The van der Waals surface area contributed by atoms with E-state index >= 15 is 0 Å². The minimum absolute atomic E-state index is 0.303. The van der Waals surface area contributed by atoms with E-state index in [9.17, 15) is 9.90 Å². The van der Waals surface area contributed by atoms with Crippen molar-refractivity contribution in [1.29, 1.82) is 0 Å². The Kier molecular flexibility index (Phi) is 4.25. The highest BCUT2D eigenvalue weighted by atomic mass is 16.4. The summed E-state index contributed by atoms with van der Waals surface area (Å²) in [4.78, 5) is 13.9. The Morgan fingerprint density at radius 1 is 1.26 bits per heavy atom. The number of rotatable bonds is 3. The molecule has 2 rings (SSSR count). The zero-order valence-corrected chi connectivity index (χ0v) is 11.9. The third-order valence-electron chi connectivity index (χ3n) is 4.32. The molecule has 0 aliphatic carbocycles. The number of hydrogen-bond acceptors (Lipinski definition) is 2. The van der Waals surface area contributed by atoms with Crippen LogP contribution in [-0.4, -0.2) is 28.6 Å². The third kappa shape index (κ3) is 2.98. The van der Waals surface area contributed by atoms with Gasteiger partial charge < -0.3 is 5.11 Å². The average molecular weight is 261 g/mol. The van der Waals surface area contributed by atoms with Crippen LogP contribution in [0.1, 0.15) is 38.8 Å². The zero-order chi connectivity index (χ0) is 14.0. The highest BCUT2D eigenvalue weighted by molar-refractivity contribution is 5.75. The Hall–Kier alpha value is -1.35. The standard InChI is InChI=1S/C16H23NO2/c1-11-9-12(2)13(3)17(10-11)15(16(18)19)14-7-5-4-6-8-14/h4-8,11-13,15H,9-10H2,1-3H3,(H,18,19). The van der Waals surface area contributed by atoms with Crippen molar-refractivity contribution in [3.8, 4) is 0 Å². The number of piperidine rings is 1. The lowest BCUT2D eigenvalue weighted by molar-refractivity contribution is -0.146. The van der Waals surface area contributed by atoms with Gasteiger partial charge in [-0.2, -0.15) is 0 Å².